The Hall–Kier alpha value is -1.36. The lowest BCUT2D eigenvalue weighted by Gasteiger charge is -2.34. The third-order valence-corrected chi connectivity index (χ3v) is 5.24. The van der Waals surface area contributed by atoms with Crippen LogP contribution >= 0.6 is 0 Å². The van der Waals surface area contributed by atoms with Gasteiger partial charge in [0.1, 0.15) is 11.3 Å². The topological polar surface area (TPSA) is 49.6 Å². The molecule has 23 heavy (non-hydrogen) atoms. The van der Waals surface area contributed by atoms with Gasteiger partial charge < -0.3 is 9.42 Å². The maximum absolute atomic E-state index is 13.0. The summed E-state index contributed by atoms with van der Waals surface area (Å²) in [5, 5.41) is 3.94. The second-order valence-electron chi connectivity index (χ2n) is 7.55. The number of aryl methyl sites for hydroxylation is 2. The number of carbonyl (C=O) groups excluding carboxylic acids is 1. The Balaban J connectivity index is 1.76. The first-order chi connectivity index (χ1) is 11.0. The van der Waals surface area contributed by atoms with E-state index in [-0.39, 0.29) is 5.91 Å². The molecule has 3 rings (SSSR count). The molecule has 2 aliphatic rings. The van der Waals surface area contributed by atoms with Gasteiger partial charge in [-0.25, -0.2) is 0 Å². The van der Waals surface area contributed by atoms with E-state index in [0.717, 1.165) is 32.0 Å². The number of carbonyl (C=O) groups is 1. The van der Waals surface area contributed by atoms with E-state index in [1.807, 2.05) is 18.7 Å². The van der Waals surface area contributed by atoms with Crippen LogP contribution in [0.25, 0.3) is 0 Å². The molecule has 2 heterocycles. The van der Waals surface area contributed by atoms with Crippen LogP contribution < -0.4 is 0 Å². The minimum atomic E-state index is 0.0835. The van der Waals surface area contributed by atoms with Gasteiger partial charge in [-0.05, 0) is 44.9 Å². The highest BCUT2D eigenvalue weighted by Gasteiger charge is 2.34. The lowest BCUT2D eigenvalue weighted by atomic mass is 10.0. The molecule has 1 saturated carbocycles. The Morgan fingerprint density at radius 3 is 2.61 bits per heavy atom. The van der Waals surface area contributed by atoms with Crippen LogP contribution in [0.3, 0.4) is 0 Å². The molecule has 5 nitrogen and oxygen atoms in total. The largest absolute Gasteiger partial charge is 0.361 e. The summed E-state index contributed by atoms with van der Waals surface area (Å²) in [5.41, 5.74) is 1.36. The molecule has 0 aromatic carbocycles. The molecule has 0 N–H and O–H groups in total. The summed E-state index contributed by atoms with van der Waals surface area (Å²) in [5.74, 6) is 2.15. The third kappa shape index (κ3) is 3.60. The summed E-state index contributed by atoms with van der Waals surface area (Å²) < 4.78 is 5.19. The van der Waals surface area contributed by atoms with E-state index in [4.69, 9.17) is 4.52 Å². The molecule has 1 atom stereocenters. The Morgan fingerprint density at radius 1 is 1.30 bits per heavy atom. The first-order valence-electron chi connectivity index (χ1n) is 8.93. The average Bonchev–Trinajstić information content (AvgIpc) is 3.27. The number of rotatable bonds is 4. The summed E-state index contributed by atoms with van der Waals surface area (Å²) in [4.78, 5) is 17.6. The molecule has 1 aromatic heterocycles. The van der Waals surface area contributed by atoms with E-state index >= 15 is 0 Å². The number of hydrogen-bond acceptors (Lipinski definition) is 4. The van der Waals surface area contributed by atoms with Gasteiger partial charge in [-0.1, -0.05) is 19.0 Å². The molecule has 128 valence electrons. The lowest BCUT2D eigenvalue weighted by molar-refractivity contribution is 0.0702. The van der Waals surface area contributed by atoms with Gasteiger partial charge in [0.15, 0.2) is 0 Å². The molecule has 0 unspecified atom stereocenters. The van der Waals surface area contributed by atoms with Crippen LogP contribution in [0.15, 0.2) is 4.52 Å². The molecule has 1 aliphatic carbocycles. The van der Waals surface area contributed by atoms with Crippen molar-refractivity contribution in [1.82, 2.24) is 15.0 Å². The smallest absolute Gasteiger partial charge is 0.259 e. The van der Waals surface area contributed by atoms with Crippen molar-refractivity contribution in [2.75, 3.05) is 26.2 Å². The van der Waals surface area contributed by atoms with E-state index in [1.54, 1.807) is 0 Å². The highest BCUT2D eigenvalue weighted by Crippen LogP contribution is 2.32. The highest BCUT2D eigenvalue weighted by atomic mass is 16.5. The summed E-state index contributed by atoms with van der Waals surface area (Å²) >= 11 is 0. The fourth-order valence-corrected chi connectivity index (χ4v) is 3.69. The van der Waals surface area contributed by atoms with Crippen LogP contribution in [0.5, 0.6) is 0 Å². The maximum Gasteiger partial charge on any atom is 0.259 e. The summed E-state index contributed by atoms with van der Waals surface area (Å²) in [6.45, 7) is 12.2. The van der Waals surface area contributed by atoms with Gasteiger partial charge in [0.05, 0.1) is 5.69 Å². The van der Waals surface area contributed by atoms with Crippen LogP contribution in [0.4, 0.5) is 0 Å². The fourth-order valence-electron chi connectivity index (χ4n) is 3.69. The number of aromatic nitrogens is 1. The van der Waals surface area contributed by atoms with Gasteiger partial charge >= 0.3 is 0 Å². The monoisotopic (exact) mass is 319 g/mol. The number of nitrogens with zero attached hydrogens (tertiary/aromatic N) is 3. The minimum absolute atomic E-state index is 0.0835. The van der Waals surface area contributed by atoms with Crippen molar-refractivity contribution in [2.24, 2.45) is 11.8 Å². The molecule has 1 amide bonds. The van der Waals surface area contributed by atoms with E-state index in [0.29, 0.717) is 29.0 Å². The summed E-state index contributed by atoms with van der Waals surface area (Å²) in [6.07, 6.45) is 3.80. The molecule has 0 spiro atoms. The van der Waals surface area contributed by atoms with Crippen molar-refractivity contribution in [3.63, 3.8) is 0 Å². The quantitative estimate of drug-likeness (QED) is 0.856. The number of hydrogen-bond donors (Lipinski definition) is 0. The molecule has 0 radical (unpaired) electrons. The van der Waals surface area contributed by atoms with Crippen molar-refractivity contribution in [3.8, 4) is 0 Å². The van der Waals surface area contributed by atoms with Crippen molar-refractivity contribution in [2.45, 2.75) is 53.0 Å². The fraction of sp³-hybridized carbons (Fsp3) is 0.778. The molecule has 0 bridgehead atoms. The van der Waals surface area contributed by atoms with E-state index < -0.39 is 0 Å². The second kappa shape index (κ2) is 6.63. The van der Waals surface area contributed by atoms with Gasteiger partial charge in [0, 0.05) is 32.2 Å². The molecular formula is C18H29N3O2. The van der Waals surface area contributed by atoms with Gasteiger partial charge in [0.25, 0.3) is 5.91 Å². The predicted octanol–water partition coefficient (Wildman–Crippen LogP) is 2.87. The van der Waals surface area contributed by atoms with Crippen LogP contribution in [0.2, 0.25) is 0 Å². The number of amides is 1. The van der Waals surface area contributed by atoms with Crippen molar-refractivity contribution >= 4 is 5.91 Å². The maximum atomic E-state index is 13.0. The first kappa shape index (κ1) is 16.5. The SMILES string of the molecule is Cc1noc(C)c1C(=O)N1CCCN(CC2CC2)[C@@H](C(C)C)C1. The van der Waals surface area contributed by atoms with Gasteiger partial charge in [-0.2, -0.15) is 0 Å². The van der Waals surface area contributed by atoms with E-state index in [9.17, 15) is 4.79 Å². The zero-order valence-corrected chi connectivity index (χ0v) is 14.8. The molecular weight excluding hydrogens is 290 g/mol. The lowest BCUT2D eigenvalue weighted by Crippen LogP contribution is -2.46. The van der Waals surface area contributed by atoms with Crippen LogP contribution in [-0.4, -0.2) is 53.1 Å². The standard InChI is InChI=1S/C18H29N3O2/c1-12(2)16-11-21(9-5-8-20(16)10-15-6-7-15)18(22)17-13(3)19-23-14(17)4/h12,15-16H,5-11H2,1-4H3/t16-/m1/s1. The van der Waals surface area contributed by atoms with Gasteiger partial charge in [-0.15, -0.1) is 0 Å². The van der Waals surface area contributed by atoms with E-state index in [1.165, 1.54) is 19.4 Å². The zero-order chi connectivity index (χ0) is 16.6. The summed E-state index contributed by atoms with van der Waals surface area (Å²) in [6, 6.07) is 0.447. The Morgan fingerprint density at radius 2 is 2.04 bits per heavy atom. The van der Waals surface area contributed by atoms with Crippen LogP contribution in [0.1, 0.15) is 54.9 Å². The molecule has 2 fully saturated rings. The van der Waals surface area contributed by atoms with Crippen molar-refractivity contribution < 1.29 is 9.32 Å². The molecule has 5 heteroatoms. The highest BCUT2D eigenvalue weighted by molar-refractivity contribution is 5.96. The second-order valence-corrected chi connectivity index (χ2v) is 7.55. The first-order valence-corrected chi connectivity index (χ1v) is 8.93. The van der Waals surface area contributed by atoms with Crippen molar-refractivity contribution in [3.05, 3.63) is 17.0 Å². The minimum Gasteiger partial charge on any atom is -0.361 e. The Labute approximate surface area is 139 Å². The van der Waals surface area contributed by atoms with Crippen molar-refractivity contribution in [1.29, 1.82) is 0 Å². The van der Waals surface area contributed by atoms with E-state index in [2.05, 4.69) is 23.9 Å². The average molecular weight is 319 g/mol. The molecule has 1 aromatic rings. The third-order valence-electron chi connectivity index (χ3n) is 5.24. The van der Waals surface area contributed by atoms with Gasteiger partial charge in [-0.3, -0.25) is 9.69 Å². The van der Waals surface area contributed by atoms with Crippen LogP contribution in [-0.2, 0) is 0 Å². The normalized spacial score (nSPS) is 23.3. The predicted molar refractivity (Wildman–Crippen MR) is 89.4 cm³/mol. The van der Waals surface area contributed by atoms with Gasteiger partial charge in [0.2, 0.25) is 0 Å². The van der Waals surface area contributed by atoms with Crippen LogP contribution in [0, 0.1) is 25.7 Å². The summed E-state index contributed by atoms with van der Waals surface area (Å²) in [7, 11) is 0. The Kier molecular flexibility index (Phi) is 4.76. The zero-order valence-electron chi connectivity index (χ0n) is 14.8. The molecule has 1 saturated heterocycles. The Bertz CT molecular complexity index is 543. The molecule has 1 aliphatic heterocycles.